The third kappa shape index (κ3) is 4.66. The molecule has 1 heterocycles. The standard InChI is InChI=1S/C23H27NO4/c1-17(2)21(24-16-25)13-19-9-10-20(23(3)27-11-12-28-23)22(14-19)26-15-18-7-5-4-6-8-18/h4-12,14,16-17,21H,13,15H2,1-3H3,(H,24,25). The van der Waals surface area contributed by atoms with Crippen molar-refractivity contribution in [3.63, 3.8) is 0 Å². The fraction of sp³-hybridized carbons (Fsp3) is 0.348. The molecule has 0 bridgehead atoms. The zero-order valence-corrected chi connectivity index (χ0v) is 16.6. The summed E-state index contributed by atoms with van der Waals surface area (Å²) < 4.78 is 17.5. The lowest BCUT2D eigenvalue weighted by Gasteiger charge is -2.27. The van der Waals surface area contributed by atoms with Crippen LogP contribution in [0.1, 0.15) is 37.5 Å². The molecule has 1 N–H and O–H groups in total. The molecule has 3 rings (SSSR count). The quantitative estimate of drug-likeness (QED) is 0.659. The zero-order chi connectivity index (χ0) is 20.0. The molecule has 5 heteroatoms. The van der Waals surface area contributed by atoms with Gasteiger partial charge in [-0.25, -0.2) is 0 Å². The van der Waals surface area contributed by atoms with Crippen molar-refractivity contribution >= 4 is 6.41 Å². The summed E-state index contributed by atoms with van der Waals surface area (Å²) in [7, 11) is 0. The predicted octanol–water partition coefficient (Wildman–Crippen LogP) is 4.27. The van der Waals surface area contributed by atoms with Crippen LogP contribution in [0.5, 0.6) is 5.75 Å². The van der Waals surface area contributed by atoms with E-state index in [1.807, 2.05) is 55.5 Å². The van der Waals surface area contributed by atoms with Crippen LogP contribution in [0.15, 0.2) is 61.1 Å². The Morgan fingerprint density at radius 3 is 2.43 bits per heavy atom. The summed E-state index contributed by atoms with van der Waals surface area (Å²) in [5.41, 5.74) is 2.98. The lowest BCUT2D eigenvalue weighted by atomic mass is 9.94. The molecule has 0 aromatic heterocycles. The van der Waals surface area contributed by atoms with Crippen LogP contribution in [0.4, 0.5) is 0 Å². The van der Waals surface area contributed by atoms with Gasteiger partial charge < -0.3 is 19.5 Å². The first-order valence-electron chi connectivity index (χ1n) is 9.52. The Morgan fingerprint density at radius 2 is 1.79 bits per heavy atom. The van der Waals surface area contributed by atoms with E-state index in [0.717, 1.165) is 29.5 Å². The molecule has 28 heavy (non-hydrogen) atoms. The molecule has 1 aliphatic heterocycles. The molecule has 0 aliphatic carbocycles. The highest BCUT2D eigenvalue weighted by Crippen LogP contribution is 2.38. The van der Waals surface area contributed by atoms with Crippen molar-refractivity contribution in [1.29, 1.82) is 0 Å². The first kappa shape index (κ1) is 19.8. The molecule has 0 spiro atoms. The molecule has 1 amide bonds. The molecule has 2 aromatic carbocycles. The lowest BCUT2D eigenvalue weighted by molar-refractivity contribution is -0.134. The minimum absolute atomic E-state index is 0.0570. The van der Waals surface area contributed by atoms with Gasteiger partial charge in [0, 0.05) is 13.0 Å². The van der Waals surface area contributed by atoms with Crippen LogP contribution in [-0.4, -0.2) is 12.5 Å². The van der Waals surface area contributed by atoms with E-state index in [1.54, 1.807) is 0 Å². The number of carbonyl (C=O) groups is 1. The summed E-state index contributed by atoms with van der Waals surface area (Å²) in [6.45, 7) is 6.49. The van der Waals surface area contributed by atoms with E-state index in [2.05, 4.69) is 19.2 Å². The molecule has 2 aromatic rings. The monoisotopic (exact) mass is 381 g/mol. The Bertz CT molecular complexity index is 809. The van der Waals surface area contributed by atoms with Gasteiger partial charge in [-0.05, 0) is 35.6 Å². The molecule has 0 saturated carbocycles. The number of rotatable bonds is 9. The maximum absolute atomic E-state index is 10.9. The highest BCUT2D eigenvalue weighted by atomic mass is 16.7. The van der Waals surface area contributed by atoms with E-state index in [9.17, 15) is 4.79 Å². The van der Waals surface area contributed by atoms with Crippen molar-refractivity contribution in [2.45, 2.75) is 45.6 Å². The van der Waals surface area contributed by atoms with Gasteiger partial charge in [0.2, 0.25) is 6.41 Å². The maximum atomic E-state index is 10.9. The van der Waals surface area contributed by atoms with Crippen LogP contribution in [0.25, 0.3) is 0 Å². The minimum Gasteiger partial charge on any atom is -0.488 e. The van der Waals surface area contributed by atoms with Gasteiger partial charge in [-0.1, -0.05) is 50.2 Å². The summed E-state index contributed by atoms with van der Waals surface area (Å²) in [4.78, 5) is 10.9. The van der Waals surface area contributed by atoms with Gasteiger partial charge in [-0.2, -0.15) is 0 Å². The molecule has 1 aliphatic rings. The average molecular weight is 381 g/mol. The van der Waals surface area contributed by atoms with Gasteiger partial charge in [-0.3, -0.25) is 4.79 Å². The topological polar surface area (TPSA) is 56.8 Å². The fourth-order valence-corrected chi connectivity index (χ4v) is 3.22. The number of carbonyl (C=O) groups excluding carboxylic acids is 1. The Kier molecular flexibility index (Phi) is 6.24. The van der Waals surface area contributed by atoms with Gasteiger partial charge in [0.15, 0.2) is 0 Å². The minimum atomic E-state index is -0.914. The molecular weight excluding hydrogens is 354 g/mol. The van der Waals surface area contributed by atoms with Crippen molar-refractivity contribution in [2.24, 2.45) is 5.92 Å². The van der Waals surface area contributed by atoms with Crippen LogP contribution < -0.4 is 10.1 Å². The largest absolute Gasteiger partial charge is 0.488 e. The lowest BCUT2D eigenvalue weighted by Crippen LogP contribution is -2.34. The second-order valence-corrected chi connectivity index (χ2v) is 7.40. The number of benzene rings is 2. The van der Waals surface area contributed by atoms with E-state index >= 15 is 0 Å². The SMILES string of the molecule is CC(C)C(Cc1ccc(C2(C)OC=CO2)c(OCc2ccccc2)c1)NC=O. The summed E-state index contributed by atoms with van der Waals surface area (Å²) in [6.07, 6.45) is 4.56. The van der Waals surface area contributed by atoms with E-state index in [0.29, 0.717) is 18.3 Å². The highest BCUT2D eigenvalue weighted by molar-refractivity contribution is 5.47. The summed E-state index contributed by atoms with van der Waals surface area (Å²) >= 11 is 0. The third-order valence-electron chi connectivity index (χ3n) is 4.96. The van der Waals surface area contributed by atoms with Crippen molar-refractivity contribution in [3.8, 4) is 5.75 Å². The van der Waals surface area contributed by atoms with Gasteiger partial charge in [-0.15, -0.1) is 0 Å². The van der Waals surface area contributed by atoms with Crippen LogP contribution >= 0.6 is 0 Å². The number of hydrogen-bond donors (Lipinski definition) is 1. The molecule has 1 atom stereocenters. The number of hydrogen-bond acceptors (Lipinski definition) is 4. The fourth-order valence-electron chi connectivity index (χ4n) is 3.22. The summed E-state index contributed by atoms with van der Waals surface area (Å²) in [5, 5.41) is 2.90. The normalized spacial score (nSPS) is 15.6. The molecular formula is C23H27NO4. The van der Waals surface area contributed by atoms with Gasteiger partial charge in [0.05, 0.1) is 5.56 Å². The van der Waals surface area contributed by atoms with Crippen LogP contribution in [0.2, 0.25) is 0 Å². The Labute approximate surface area is 166 Å². The van der Waals surface area contributed by atoms with Crippen molar-refractivity contribution in [3.05, 3.63) is 77.7 Å². The Morgan fingerprint density at radius 1 is 1.07 bits per heavy atom. The second kappa shape index (κ2) is 8.83. The molecule has 0 radical (unpaired) electrons. The van der Waals surface area contributed by atoms with Gasteiger partial charge in [0.1, 0.15) is 24.9 Å². The molecule has 0 fully saturated rings. The van der Waals surface area contributed by atoms with E-state index in [1.165, 1.54) is 12.5 Å². The smallest absolute Gasteiger partial charge is 0.277 e. The second-order valence-electron chi connectivity index (χ2n) is 7.40. The molecule has 1 unspecified atom stereocenters. The van der Waals surface area contributed by atoms with E-state index in [-0.39, 0.29) is 6.04 Å². The van der Waals surface area contributed by atoms with Crippen molar-refractivity contribution in [2.75, 3.05) is 0 Å². The Hall–Kier alpha value is -2.95. The summed E-state index contributed by atoms with van der Waals surface area (Å²) in [5.74, 6) is 0.117. The predicted molar refractivity (Wildman–Crippen MR) is 107 cm³/mol. The zero-order valence-electron chi connectivity index (χ0n) is 16.6. The number of nitrogens with one attached hydrogen (secondary N) is 1. The third-order valence-corrected chi connectivity index (χ3v) is 4.96. The number of ether oxygens (including phenoxy) is 3. The maximum Gasteiger partial charge on any atom is 0.277 e. The first-order valence-corrected chi connectivity index (χ1v) is 9.52. The van der Waals surface area contributed by atoms with Gasteiger partial charge >= 0.3 is 0 Å². The van der Waals surface area contributed by atoms with Crippen molar-refractivity contribution in [1.82, 2.24) is 5.32 Å². The highest BCUT2D eigenvalue weighted by Gasteiger charge is 2.35. The van der Waals surface area contributed by atoms with Crippen LogP contribution in [-0.2, 0) is 33.1 Å². The summed E-state index contributed by atoms with van der Waals surface area (Å²) in [6, 6.07) is 16.1. The van der Waals surface area contributed by atoms with E-state index < -0.39 is 5.79 Å². The van der Waals surface area contributed by atoms with Gasteiger partial charge in [0.25, 0.3) is 5.79 Å². The molecule has 5 nitrogen and oxygen atoms in total. The molecule has 148 valence electrons. The molecule has 0 saturated heterocycles. The number of amides is 1. The Balaban J connectivity index is 1.86. The first-order chi connectivity index (χ1) is 13.5. The van der Waals surface area contributed by atoms with E-state index in [4.69, 9.17) is 14.2 Å². The van der Waals surface area contributed by atoms with Crippen molar-refractivity contribution < 1.29 is 19.0 Å². The average Bonchev–Trinajstić information content (AvgIpc) is 3.14. The van der Waals surface area contributed by atoms with Crippen LogP contribution in [0.3, 0.4) is 0 Å². The van der Waals surface area contributed by atoms with Crippen LogP contribution in [0, 0.1) is 5.92 Å².